The molecule has 0 aliphatic carbocycles. The molecular weight excluding hydrogens is 402 g/mol. The van der Waals surface area contributed by atoms with Crippen LogP contribution in [-0.2, 0) is 6.54 Å². The van der Waals surface area contributed by atoms with Gasteiger partial charge in [0, 0.05) is 4.47 Å². The summed E-state index contributed by atoms with van der Waals surface area (Å²) in [5.74, 6) is 1.19. The van der Waals surface area contributed by atoms with E-state index in [4.69, 9.17) is 11.6 Å². The molecule has 2 amide bonds. The Morgan fingerprint density at radius 3 is 3.00 bits per heavy atom. The lowest BCUT2D eigenvalue weighted by atomic mass is 10.3. The number of halogens is 2. The predicted octanol–water partition coefficient (Wildman–Crippen LogP) is 4.27. The summed E-state index contributed by atoms with van der Waals surface area (Å²) in [5, 5.41) is 14.7. The Morgan fingerprint density at radius 2 is 2.26 bits per heavy atom. The second-order valence-electron chi connectivity index (χ2n) is 4.51. The van der Waals surface area contributed by atoms with Crippen molar-refractivity contribution in [3.63, 3.8) is 0 Å². The molecule has 0 aliphatic heterocycles. The molecule has 3 aromatic rings. The van der Waals surface area contributed by atoms with Gasteiger partial charge < -0.3 is 10.6 Å². The lowest BCUT2D eigenvalue weighted by molar-refractivity contribution is 0.251. The highest BCUT2D eigenvalue weighted by molar-refractivity contribution is 9.10. The smallest absolute Gasteiger partial charge is 0.319 e. The molecule has 0 unspecified atom stereocenters. The van der Waals surface area contributed by atoms with Crippen LogP contribution >= 0.6 is 38.9 Å². The average Bonchev–Trinajstić information content (AvgIpc) is 3.18. The first-order chi connectivity index (χ1) is 11.1. The molecule has 0 atom stereocenters. The van der Waals surface area contributed by atoms with E-state index >= 15 is 0 Å². The van der Waals surface area contributed by atoms with Gasteiger partial charge >= 0.3 is 6.03 Å². The number of urea groups is 1. The van der Waals surface area contributed by atoms with Crippen molar-refractivity contribution >= 4 is 50.6 Å². The summed E-state index contributed by atoms with van der Waals surface area (Å²) in [5.41, 5.74) is 0.532. The maximum atomic E-state index is 11.9. The highest BCUT2D eigenvalue weighted by Crippen LogP contribution is 2.25. The van der Waals surface area contributed by atoms with Crippen LogP contribution in [0.3, 0.4) is 0 Å². The van der Waals surface area contributed by atoms with E-state index in [2.05, 4.69) is 41.7 Å². The van der Waals surface area contributed by atoms with Gasteiger partial charge in [-0.1, -0.05) is 33.6 Å². The topological polar surface area (TPSA) is 82.7 Å². The molecule has 6 nitrogen and oxygen atoms in total. The van der Waals surface area contributed by atoms with Crippen LogP contribution in [0.25, 0.3) is 10.7 Å². The number of rotatable bonds is 4. The molecule has 0 saturated carbocycles. The van der Waals surface area contributed by atoms with Crippen molar-refractivity contribution in [2.24, 2.45) is 0 Å². The van der Waals surface area contributed by atoms with E-state index in [-0.39, 0.29) is 12.6 Å². The molecule has 118 valence electrons. The molecule has 9 heteroatoms. The molecular formula is C14H11BrClN5OS. The van der Waals surface area contributed by atoms with Gasteiger partial charge in [0.25, 0.3) is 0 Å². The number of nitrogens with zero attached hydrogens (tertiary/aromatic N) is 2. The first-order valence-electron chi connectivity index (χ1n) is 6.57. The summed E-state index contributed by atoms with van der Waals surface area (Å²) < 4.78 is 0.844. The quantitative estimate of drug-likeness (QED) is 0.598. The van der Waals surface area contributed by atoms with E-state index in [1.54, 1.807) is 29.5 Å². The van der Waals surface area contributed by atoms with Crippen molar-refractivity contribution in [2.45, 2.75) is 6.54 Å². The van der Waals surface area contributed by atoms with Gasteiger partial charge in [-0.05, 0) is 29.6 Å². The number of benzene rings is 1. The minimum atomic E-state index is -0.372. The van der Waals surface area contributed by atoms with Gasteiger partial charge in [-0.3, -0.25) is 5.10 Å². The Morgan fingerprint density at radius 1 is 1.39 bits per heavy atom. The molecule has 0 saturated heterocycles. The predicted molar refractivity (Wildman–Crippen MR) is 94.7 cm³/mol. The Kier molecular flexibility index (Phi) is 4.94. The normalized spacial score (nSPS) is 10.5. The van der Waals surface area contributed by atoms with Crippen LogP contribution in [-0.4, -0.2) is 21.2 Å². The molecule has 3 rings (SSSR count). The van der Waals surface area contributed by atoms with E-state index < -0.39 is 0 Å². The number of anilines is 1. The first kappa shape index (κ1) is 16.0. The van der Waals surface area contributed by atoms with Gasteiger partial charge in [0.1, 0.15) is 5.82 Å². The number of amides is 2. The number of H-pyrrole nitrogens is 1. The first-order valence-corrected chi connectivity index (χ1v) is 8.62. The lowest BCUT2D eigenvalue weighted by Gasteiger charge is -2.08. The standard InChI is InChI=1S/C14H11BrClN5OS/c15-8-3-4-10(9(16)6-8)18-14(22)17-7-12-19-13(21-20-12)11-2-1-5-23-11/h1-6H,7H2,(H2,17,18,22)(H,19,20,21). The number of hydrogen-bond donors (Lipinski definition) is 3. The molecule has 2 heterocycles. The Labute approximate surface area is 149 Å². The fourth-order valence-corrected chi connectivity index (χ4v) is 3.19. The van der Waals surface area contributed by atoms with E-state index in [0.29, 0.717) is 22.4 Å². The molecule has 0 radical (unpaired) electrons. The number of carbonyl (C=O) groups excluding carboxylic acids is 1. The lowest BCUT2D eigenvalue weighted by Crippen LogP contribution is -2.28. The Balaban J connectivity index is 1.57. The zero-order chi connectivity index (χ0) is 16.2. The SMILES string of the molecule is O=C(NCc1nc(-c2cccs2)n[nH]1)Nc1ccc(Br)cc1Cl. The number of aromatic nitrogens is 3. The van der Waals surface area contributed by atoms with Gasteiger partial charge in [-0.25, -0.2) is 9.78 Å². The summed E-state index contributed by atoms with van der Waals surface area (Å²) in [7, 11) is 0. The Bertz CT molecular complexity index is 820. The van der Waals surface area contributed by atoms with Gasteiger partial charge in [0.15, 0.2) is 5.82 Å². The highest BCUT2D eigenvalue weighted by Gasteiger charge is 2.09. The van der Waals surface area contributed by atoms with Crippen LogP contribution in [0.4, 0.5) is 10.5 Å². The van der Waals surface area contributed by atoms with E-state index in [1.807, 2.05) is 17.5 Å². The van der Waals surface area contributed by atoms with E-state index in [0.717, 1.165) is 9.35 Å². The van der Waals surface area contributed by atoms with E-state index in [9.17, 15) is 4.79 Å². The van der Waals surface area contributed by atoms with Gasteiger partial charge in [-0.2, -0.15) is 5.10 Å². The molecule has 0 aliphatic rings. The fourth-order valence-electron chi connectivity index (χ4n) is 1.81. The maximum absolute atomic E-state index is 11.9. The van der Waals surface area contributed by atoms with Crippen LogP contribution < -0.4 is 10.6 Å². The number of aromatic amines is 1. The Hall–Kier alpha value is -1.90. The van der Waals surface area contributed by atoms with Crippen LogP contribution in [0.15, 0.2) is 40.2 Å². The number of thiophene rings is 1. The average molecular weight is 413 g/mol. The summed E-state index contributed by atoms with van der Waals surface area (Å²) in [4.78, 5) is 17.2. The third kappa shape index (κ3) is 4.10. The maximum Gasteiger partial charge on any atom is 0.319 e. The van der Waals surface area contributed by atoms with Crippen molar-refractivity contribution in [3.05, 3.63) is 51.0 Å². The van der Waals surface area contributed by atoms with Crippen molar-refractivity contribution in [2.75, 3.05) is 5.32 Å². The van der Waals surface area contributed by atoms with Crippen molar-refractivity contribution in [1.29, 1.82) is 0 Å². The molecule has 0 spiro atoms. The van der Waals surface area contributed by atoms with Crippen LogP contribution in [0.1, 0.15) is 5.82 Å². The van der Waals surface area contributed by atoms with Crippen LogP contribution in [0, 0.1) is 0 Å². The summed E-state index contributed by atoms with van der Waals surface area (Å²) >= 11 is 10.9. The van der Waals surface area contributed by atoms with Gasteiger partial charge in [-0.15, -0.1) is 11.3 Å². The molecule has 2 aromatic heterocycles. The minimum absolute atomic E-state index is 0.234. The zero-order valence-electron chi connectivity index (χ0n) is 11.6. The minimum Gasteiger partial charge on any atom is -0.331 e. The third-order valence-corrected chi connectivity index (χ3v) is 4.54. The monoisotopic (exact) mass is 411 g/mol. The number of carbonyl (C=O) groups is 1. The summed E-state index contributed by atoms with van der Waals surface area (Å²) in [6.07, 6.45) is 0. The fraction of sp³-hybridized carbons (Fsp3) is 0.0714. The molecule has 3 N–H and O–H groups in total. The molecule has 23 heavy (non-hydrogen) atoms. The van der Waals surface area contributed by atoms with Crippen molar-refractivity contribution in [3.8, 4) is 10.7 Å². The van der Waals surface area contributed by atoms with E-state index in [1.165, 1.54) is 0 Å². The summed E-state index contributed by atoms with van der Waals surface area (Å²) in [6.45, 7) is 0.234. The van der Waals surface area contributed by atoms with Crippen molar-refractivity contribution in [1.82, 2.24) is 20.5 Å². The molecule has 0 fully saturated rings. The number of nitrogens with one attached hydrogen (secondary N) is 3. The van der Waals surface area contributed by atoms with Gasteiger partial charge in [0.05, 0.1) is 22.1 Å². The largest absolute Gasteiger partial charge is 0.331 e. The highest BCUT2D eigenvalue weighted by atomic mass is 79.9. The second kappa shape index (κ2) is 7.12. The van der Waals surface area contributed by atoms with Crippen LogP contribution in [0.2, 0.25) is 5.02 Å². The zero-order valence-corrected chi connectivity index (χ0v) is 14.8. The summed E-state index contributed by atoms with van der Waals surface area (Å²) in [6, 6.07) is 8.72. The van der Waals surface area contributed by atoms with Crippen molar-refractivity contribution < 1.29 is 4.79 Å². The molecule has 1 aromatic carbocycles. The van der Waals surface area contributed by atoms with Gasteiger partial charge in [0.2, 0.25) is 0 Å². The second-order valence-corrected chi connectivity index (χ2v) is 6.79. The third-order valence-electron chi connectivity index (χ3n) is 2.87. The van der Waals surface area contributed by atoms with Crippen LogP contribution in [0.5, 0.6) is 0 Å². The number of hydrogen-bond acceptors (Lipinski definition) is 4. The molecule has 0 bridgehead atoms.